The lowest BCUT2D eigenvalue weighted by molar-refractivity contribution is 0.0827. The fourth-order valence-electron chi connectivity index (χ4n) is 3.27. The van der Waals surface area contributed by atoms with Crippen LogP contribution in [0, 0.1) is 0 Å². The monoisotopic (exact) mass is 438 g/mol. The van der Waals surface area contributed by atoms with Gasteiger partial charge in [-0.3, -0.25) is 9.79 Å². The van der Waals surface area contributed by atoms with Gasteiger partial charge in [-0.05, 0) is 47.6 Å². The van der Waals surface area contributed by atoms with Gasteiger partial charge in [0.2, 0.25) is 0 Å². The Bertz CT molecular complexity index is 899. The molecular weight excluding hydrogens is 400 g/mol. The number of benzene rings is 2. The highest BCUT2D eigenvalue weighted by Crippen LogP contribution is 2.24. The van der Waals surface area contributed by atoms with Crippen molar-refractivity contribution in [3.8, 4) is 0 Å². The summed E-state index contributed by atoms with van der Waals surface area (Å²) in [4.78, 5) is 18.3. The second kappa shape index (κ2) is 11.7. The molecule has 0 heterocycles. The average Bonchev–Trinajstić information content (AvgIpc) is 2.76. The van der Waals surface area contributed by atoms with E-state index in [4.69, 9.17) is 0 Å². The van der Waals surface area contributed by atoms with Gasteiger partial charge < -0.3 is 20.6 Å². The maximum atomic E-state index is 12.2. The van der Waals surface area contributed by atoms with E-state index >= 15 is 0 Å². The Morgan fingerprint density at radius 1 is 1.09 bits per heavy atom. The summed E-state index contributed by atoms with van der Waals surface area (Å²) in [5.41, 5.74) is 3.96. The van der Waals surface area contributed by atoms with Crippen LogP contribution >= 0.6 is 0 Å². The molecule has 32 heavy (non-hydrogen) atoms. The van der Waals surface area contributed by atoms with Gasteiger partial charge in [0.1, 0.15) is 0 Å². The van der Waals surface area contributed by atoms with Crippen molar-refractivity contribution >= 4 is 11.9 Å². The van der Waals surface area contributed by atoms with Crippen molar-refractivity contribution in [1.29, 1.82) is 0 Å². The number of hydrogen-bond acceptors (Lipinski definition) is 3. The summed E-state index contributed by atoms with van der Waals surface area (Å²) in [5.74, 6) is 0.664. The standard InChI is InChI=1S/C26H38N4O2/c1-7-27-25(28-16-15-19-9-8-10-21(17-19)24(32)30(5)6)29-18-23(31)20-11-13-22(14-12-20)26(2,3)4/h8-14,17,23,31H,7,15-16,18H2,1-6H3,(H2,27,28,29). The third-order valence-corrected chi connectivity index (χ3v) is 5.21. The van der Waals surface area contributed by atoms with E-state index in [1.54, 1.807) is 19.0 Å². The molecule has 0 aromatic heterocycles. The van der Waals surface area contributed by atoms with Crippen LogP contribution < -0.4 is 10.6 Å². The van der Waals surface area contributed by atoms with Crippen LogP contribution in [0.25, 0.3) is 0 Å². The van der Waals surface area contributed by atoms with Gasteiger partial charge in [-0.25, -0.2) is 0 Å². The van der Waals surface area contributed by atoms with E-state index in [9.17, 15) is 9.90 Å². The topological polar surface area (TPSA) is 77.0 Å². The summed E-state index contributed by atoms with van der Waals surface area (Å²) in [7, 11) is 3.51. The highest BCUT2D eigenvalue weighted by Gasteiger charge is 2.14. The van der Waals surface area contributed by atoms with Crippen LogP contribution in [0.4, 0.5) is 0 Å². The summed E-state index contributed by atoms with van der Waals surface area (Å²) in [6.45, 7) is 10.2. The summed E-state index contributed by atoms with van der Waals surface area (Å²) >= 11 is 0. The molecule has 1 amide bonds. The van der Waals surface area contributed by atoms with Crippen LogP contribution in [-0.2, 0) is 11.8 Å². The Morgan fingerprint density at radius 2 is 1.78 bits per heavy atom. The third kappa shape index (κ3) is 7.68. The first kappa shape index (κ1) is 25.4. The Hall–Kier alpha value is -2.86. The van der Waals surface area contributed by atoms with E-state index in [0.29, 0.717) is 18.1 Å². The zero-order valence-corrected chi connectivity index (χ0v) is 20.3. The van der Waals surface area contributed by atoms with Gasteiger partial charge in [-0.1, -0.05) is 57.2 Å². The van der Waals surface area contributed by atoms with E-state index in [0.717, 1.165) is 24.1 Å². The van der Waals surface area contributed by atoms with Gasteiger partial charge in [0.25, 0.3) is 5.91 Å². The summed E-state index contributed by atoms with van der Waals surface area (Å²) in [5, 5.41) is 17.1. The molecule has 2 aromatic carbocycles. The van der Waals surface area contributed by atoms with Crippen LogP contribution in [0.1, 0.15) is 60.8 Å². The number of carbonyl (C=O) groups is 1. The number of nitrogens with one attached hydrogen (secondary N) is 2. The number of aliphatic hydroxyl groups is 1. The predicted molar refractivity (Wildman–Crippen MR) is 132 cm³/mol. The molecule has 0 spiro atoms. The summed E-state index contributed by atoms with van der Waals surface area (Å²) < 4.78 is 0. The van der Waals surface area contributed by atoms with Gasteiger partial charge in [-0.15, -0.1) is 0 Å². The molecule has 0 aliphatic rings. The molecular formula is C26H38N4O2. The molecule has 0 aliphatic carbocycles. The predicted octanol–water partition coefficient (Wildman–Crippen LogP) is 3.52. The largest absolute Gasteiger partial charge is 0.386 e. The van der Waals surface area contributed by atoms with Gasteiger partial charge in [-0.2, -0.15) is 0 Å². The first-order valence-corrected chi connectivity index (χ1v) is 11.2. The lowest BCUT2D eigenvalue weighted by Crippen LogP contribution is -2.38. The molecule has 1 unspecified atom stereocenters. The first-order chi connectivity index (χ1) is 15.1. The maximum absolute atomic E-state index is 12.2. The molecule has 0 bridgehead atoms. The van der Waals surface area contributed by atoms with Crippen molar-refractivity contribution in [2.45, 2.75) is 45.6 Å². The Kier molecular flexibility index (Phi) is 9.27. The molecule has 0 saturated carbocycles. The van der Waals surface area contributed by atoms with Crippen molar-refractivity contribution in [1.82, 2.24) is 15.5 Å². The first-order valence-electron chi connectivity index (χ1n) is 11.2. The SMILES string of the molecule is CCNC(=NCC(O)c1ccc(C(C)(C)C)cc1)NCCc1cccc(C(=O)N(C)C)c1. The lowest BCUT2D eigenvalue weighted by Gasteiger charge is -2.20. The van der Waals surface area contributed by atoms with E-state index in [-0.39, 0.29) is 17.9 Å². The molecule has 6 heteroatoms. The van der Waals surface area contributed by atoms with Crippen molar-refractivity contribution in [3.05, 3.63) is 70.8 Å². The van der Waals surface area contributed by atoms with E-state index in [2.05, 4.69) is 48.5 Å². The number of rotatable bonds is 8. The molecule has 0 fully saturated rings. The van der Waals surface area contributed by atoms with Crippen LogP contribution in [-0.4, -0.2) is 55.6 Å². The van der Waals surface area contributed by atoms with Gasteiger partial charge in [0, 0.05) is 32.7 Å². The van der Waals surface area contributed by atoms with Crippen molar-refractivity contribution in [2.75, 3.05) is 33.7 Å². The van der Waals surface area contributed by atoms with Gasteiger partial charge in [0.05, 0.1) is 12.6 Å². The molecule has 0 saturated heterocycles. The average molecular weight is 439 g/mol. The van der Waals surface area contributed by atoms with Gasteiger partial charge >= 0.3 is 0 Å². The second-order valence-electron chi connectivity index (χ2n) is 9.18. The van der Waals surface area contributed by atoms with Crippen LogP contribution in [0.2, 0.25) is 0 Å². The van der Waals surface area contributed by atoms with Crippen LogP contribution in [0.15, 0.2) is 53.5 Å². The van der Waals surface area contributed by atoms with Crippen molar-refractivity contribution in [2.24, 2.45) is 4.99 Å². The minimum atomic E-state index is -0.659. The van der Waals surface area contributed by atoms with Crippen molar-refractivity contribution < 1.29 is 9.90 Å². The molecule has 6 nitrogen and oxygen atoms in total. The number of aliphatic imine (C=N–C) groups is 1. The number of hydrogen-bond donors (Lipinski definition) is 3. The fraction of sp³-hybridized carbons (Fsp3) is 0.462. The van der Waals surface area contributed by atoms with Crippen LogP contribution in [0.5, 0.6) is 0 Å². The van der Waals surface area contributed by atoms with Crippen molar-refractivity contribution in [3.63, 3.8) is 0 Å². The highest BCUT2D eigenvalue weighted by molar-refractivity contribution is 5.94. The zero-order chi connectivity index (χ0) is 23.7. The third-order valence-electron chi connectivity index (χ3n) is 5.21. The Labute approximate surface area is 192 Å². The highest BCUT2D eigenvalue weighted by atomic mass is 16.3. The minimum absolute atomic E-state index is 0.000712. The summed E-state index contributed by atoms with van der Waals surface area (Å²) in [6, 6.07) is 15.8. The Morgan fingerprint density at radius 3 is 2.38 bits per heavy atom. The normalized spacial score (nSPS) is 12.9. The number of nitrogens with zero attached hydrogens (tertiary/aromatic N) is 2. The molecule has 1 atom stereocenters. The number of aliphatic hydroxyl groups excluding tert-OH is 1. The molecule has 2 rings (SSSR count). The van der Waals surface area contributed by atoms with E-state index in [1.165, 1.54) is 5.56 Å². The minimum Gasteiger partial charge on any atom is -0.386 e. The molecule has 174 valence electrons. The molecule has 3 N–H and O–H groups in total. The molecule has 0 aliphatic heterocycles. The van der Waals surface area contributed by atoms with Gasteiger partial charge in [0.15, 0.2) is 5.96 Å². The zero-order valence-electron chi connectivity index (χ0n) is 20.3. The molecule has 0 radical (unpaired) electrons. The lowest BCUT2D eigenvalue weighted by atomic mass is 9.86. The maximum Gasteiger partial charge on any atom is 0.253 e. The van der Waals surface area contributed by atoms with Crippen LogP contribution in [0.3, 0.4) is 0 Å². The van der Waals surface area contributed by atoms with E-state index in [1.807, 2.05) is 43.3 Å². The number of guanidine groups is 1. The Balaban J connectivity index is 1.94. The second-order valence-corrected chi connectivity index (χ2v) is 9.18. The fourth-order valence-corrected chi connectivity index (χ4v) is 3.27. The molecule has 2 aromatic rings. The quantitative estimate of drug-likeness (QED) is 0.435. The summed E-state index contributed by atoms with van der Waals surface area (Å²) in [6.07, 6.45) is 0.101. The number of carbonyl (C=O) groups excluding carboxylic acids is 1. The number of amides is 1. The smallest absolute Gasteiger partial charge is 0.253 e. The van der Waals surface area contributed by atoms with E-state index < -0.39 is 6.10 Å².